The lowest BCUT2D eigenvalue weighted by Crippen LogP contribution is -2.42. The molecule has 0 aromatic heterocycles. The Kier molecular flexibility index (Phi) is 4.62. The van der Waals surface area contributed by atoms with Crippen LogP contribution in [0.15, 0.2) is 24.3 Å². The molecule has 0 saturated carbocycles. The summed E-state index contributed by atoms with van der Waals surface area (Å²) in [6.07, 6.45) is 0.830. The monoisotopic (exact) mass is 295 g/mol. The van der Waals surface area contributed by atoms with E-state index in [2.05, 4.69) is 5.32 Å². The standard InChI is InChI=1S/C14H18ClN3O2/c1-9(16)8-13(19)17-12-6-7-18(14(12)20)11-4-2-10(15)3-5-11/h2-5,9,12H,6-8,16H2,1H3,(H,17,19). The average Bonchev–Trinajstić information content (AvgIpc) is 2.71. The summed E-state index contributed by atoms with van der Waals surface area (Å²) < 4.78 is 0. The van der Waals surface area contributed by atoms with Crippen LogP contribution in [0.25, 0.3) is 0 Å². The van der Waals surface area contributed by atoms with E-state index in [-0.39, 0.29) is 24.3 Å². The highest BCUT2D eigenvalue weighted by Gasteiger charge is 2.33. The summed E-state index contributed by atoms with van der Waals surface area (Å²) in [5, 5.41) is 3.36. The van der Waals surface area contributed by atoms with Gasteiger partial charge >= 0.3 is 0 Å². The first kappa shape index (κ1) is 14.8. The number of carbonyl (C=O) groups is 2. The summed E-state index contributed by atoms with van der Waals surface area (Å²) in [7, 11) is 0. The molecule has 20 heavy (non-hydrogen) atoms. The normalized spacial score (nSPS) is 20.1. The molecule has 1 saturated heterocycles. The molecule has 2 unspecified atom stereocenters. The molecule has 0 radical (unpaired) electrons. The summed E-state index contributed by atoms with van der Waals surface area (Å²) in [6, 6.07) is 6.41. The second kappa shape index (κ2) is 6.24. The van der Waals surface area contributed by atoms with Crippen LogP contribution in [0.2, 0.25) is 5.02 Å². The number of benzene rings is 1. The predicted molar refractivity (Wildman–Crippen MR) is 78.6 cm³/mol. The van der Waals surface area contributed by atoms with E-state index in [1.54, 1.807) is 36.1 Å². The Morgan fingerprint density at radius 3 is 2.75 bits per heavy atom. The van der Waals surface area contributed by atoms with Gasteiger partial charge in [-0.15, -0.1) is 0 Å². The molecule has 1 fully saturated rings. The summed E-state index contributed by atoms with van der Waals surface area (Å²) in [6.45, 7) is 2.35. The lowest BCUT2D eigenvalue weighted by atomic mass is 10.2. The highest BCUT2D eigenvalue weighted by Crippen LogP contribution is 2.23. The van der Waals surface area contributed by atoms with Gasteiger partial charge in [-0.2, -0.15) is 0 Å². The van der Waals surface area contributed by atoms with E-state index in [9.17, 15) is 9.59 Å². The second-order valence-electron chi connectivity index (χ2n) is 5.06. The summed E-state index contributed by atoms with van der Waals surface area (Å²) in [4.78, 5) is 25.6. The molecule has 6 heteroatoms. The van der Waals surface area contributed by atoms with Crippen molar-refractivity contribution in [3.8, 4) is 0 Å². The van der Waals surface area contributed by atoms with E-state index >= 15 is 0 Å². The third-order valence-corrected chi connectivity index (χ3v) is 3.44. The van der Waals surface area contributed by atoms with Crippen molar-refractivity contribution in [1.29, 1.82) is 0 Å². The number of rotatable bonds is 4. The Hall–Kier alpha value is -1.59. The van der Waals surface area contributed by atoms with E-state index in [1.807, 2.05) is 0 Å². The fourth-order valence-electron chi connectivity index (χ4n) is 2.24. The highest BCUT2D eigenvalue weighted by molar-refractivity contribution is 6.30. The lowest BCUT2D eigenvalue weighted by molar-refractivity contribution is -0.126. The minimum Gasteiger partial charge on any atom is -0.344 e. The quantitative estimate of drug-likeness (QED) is 0.879. The second-order valence-corrected chi connectivity index (χ2v) is 5.49. The molecule has 5 nitrogen and oxygen atoms in total. The Balaban J connectivity index is 1.99. The van der Waals surface area contributed by atoms with Gasteiger partial charge in [-0.25, -0.2) is 0 Å². The molecule has 0 bridgehead atoms. The first-order valence-electron chi connectivity index (χ1n) is 6.59. The molecule has 1 aromatic carbocycles. The lowest BCUT2D eigenvalue weighted by Gasteiger charge is -2.17. The zero-order valence-corrected chi connectivity index (χ0v) is 12.1. The number of carbonyl (C=O) groups excluding carboxylic acids is 2. The number of hydrogen-bond donors (Lipinski definition) is 2. The van der Waals surface area contributed by atoms with Gasteiger partial charge in [0, 0.05) is 29.7 Å². The van der Waals surface area contributed by atoms with Crippen LogP contribution in [-0.2, 0) is 9.59 Å². The Morgan fingerprint density at radius 2 is 2.15 bits per heavy atom. The third-order valence-electron chi connectivity index (χ3n) is 3.19. The maximum absolute atomic E-state index is 12.3. The SMILES string of the molecule is CC(N)CC(=O)NC1CCN(c2ccc(Cl)cc2)C1=O. The van der Waals surface area contributed by atoms with E-state index in [0.29, 0.717) is 18.0 Å². The van der Waals surface area contributed by atoms with E-state index in [0.717, 1.165) is 5.69 Å². The molecule has 1 aromatic rings. The number of nitrogens with zero attached hydrogens (tertiary/aromatic N) is 1. The molecule has 0 aliphatic carbocycles. The van der Waals surface area contributed by atoms with Crippen molar-refractivity contribution in [2.75, 3.05) is 11.4 Å². The van der Waals surface area contributed by atoms with Crippen molar-refractivity contribution >= 4 is 29.1 Å². The van der Waals surface area contributed by atoms with Crippen molar-refractivity contribution in [3.63, 3.8) is 0 Å². The first-order valence-corrected chi connectivity index (χ1v) is 6.97. The Labute approximate surface area is 123 Å². The molecule has 0 spiro atoms. The van der Waals surface area contributed by atoms with Gasteiger partial charge in [0.25, 0.3) is 0 Å². The zero-order chi connectivity index (χ0) is 14.7. The maximum Gasteiger partial charge on any atom is 0.249 e. The van der Waals surface area contributed by atoms with E-state index in [1.165, 1.54) is 0 Å². The van der Waals surface area contributed by atoms with Gasteiger partial charge in [-0.3, -0.25) is 9.59 Å². The van der Waals surface area contributed by atoms with Crippen molar-refractivity contribution in [1.82, 2.24) is 5.32 Å². The number of anilines is 1. The van der Waals surface area contributed by atoms with Crippen LogP contribution in [0.5, 0.6) is 0 Å². The molecular weight excluding hydrogens is 278 g/mol. The maximum atomic E-state index is 12.3. The van der Waals surface area contributed by atoms with E-state index in [4.69, 9.17) is 17.3 Å². The molecule has 1 aliphatic rings. The largest absolute Gasteiger partial charge is 0.344 e. The van der Waals surface area contributed by atoms with Crippen molar-refractivity contribution < 1.29 is 9.59 Å². The summed E-state index contributed by atoms with van der Waals surface area (Å²) >= 11 is 5.83. The van der Waals surface area contributed by atoms with Crippen molar-refractivity contribution in [3.05, 3.63) is 29.3 Å². The third kappa shape index (κ3) is 3.49. The van der Waals surface area contributed by atoms with Crippen LogP contribution in [-0.4, -0.2) is 30.4 Å². The number of nitrogens with one attached hydrogen (secondary N) is 1. The van der Waals surface area contributed by atoms with Gasteiger partial charge < -0.3 is 16.0 Å². The number of hydrogen-bond acceptors (Lipinski definition) is 3. The van der Waals surface area contributed by atoms with Gasteiger partial charge in [-0.1, -0.05) is 11.6 Å². The predicted octanol–water partition coefficient (Wildman–Crippen LogP) is 1.30. The molecular formula is C14H18ClN3O2. The number of halogens is 1. The van der Waals surface area contributed by atoms with E-state index < -0.39 is 6.04 Å². The highest BCUT2D eigenvalue weighted by atomic mass is 35.5. The molecule has 108 valence electrons. The van der Waals surface area contributed by atoms with Crippen LogP contribution in [0, 0.1) is 0 Å². The van der Waals surface area contributed by atoms with Crippen LogP contribution >= 0.6 is 11.6 Å². The molecule has 1 heterocycles. The Morgan fingerprint density at radius 1 is 1.50 bits per heavy atom. The van der Waals surface area contributed by atoms with Gasteiger partial charge in [0.15, 0.2) is 0 Å². The van der Waals surface area contributed by atoms with Crippen LogP contribution in [0.3, 0.4) is 0 Å². The van der Waals surface area contributed by atoms with Crippen molar-refractivity contribution in [2.45, 2.75) is 31.8 Å². The van der Waals surface area contributed by atoms with Gasteiger partial charge in [0.2, 0.25) is 11.8 Å². The van der Waals surface area contributed by atoms with Crippen LogP contribution in [0.1, 0.15) is 19.8 Å². The van der Waals surface area contributed by atoms with Crippen molar-refractivity contribution in [2.24, 2.45) is 5.73 Å². The summed E-state index contributed by atoms with van der Waals surface area (Å²) in [5.74, 6) is -0.276. The average molecular weight is 296 g/mol. The smallest absolute Gasteiger partial charge is 0.249 e. The number of amides is 2. The first-order chi connectivity index (χ1) is 9.47. The van der Waals surface area contributed by atoms with Crippen LogP contribution in [0.4, 0.5) is 5.69 Å². The molecule has 1 aliphatic heterocycles. The topological polar surface area (TPSA) is 75.4 Å². The van der Waals surface area contributed by atoms with Crippen LogP contribution < -0.4 is 16.0 Å². The molecule has 2 atom stereocenters. The molecule has 2 rings (SSSR count). The fourth-order valence-corrected chi connectivity index (χ4v) is 2.36. The van der Waals surface area contributed by atoms with Gasteiger partial charge in [0.05, 0.1) is 0 Å². The van der Waals surface area contributed by atoms with Gasteiger partial charge in [-0.05, 0) is 37.6 Å². The summed E-state index contributed by atoms with van der Waals surface area (Å²) in [5.41, 5.74) is 6.36. The minimum atomic E-state index is -0.461. The molecule has 2 amide bonds. The Bertz CT molecular complexity index is 502. The fraction of sp³-hybridized carbons (Fsp3) is 0.429. The molecule has 3 N–H and O–H groups in total. The zero-order valence-electron chi connectivity index (χ0n) is 11.3. The number of nitrogens with two attached hydrogens (primary N) is 1. The van der Waals surface area contributed by atoms with Gasteiger partial charge in [0.1, 0.15) is 6.04 Å². The minimum absolute atomic E-state index is 0.0923.